The molecule has 130 valence electrons. The number of fused-ring (bicyclic) bond motifs is 1. The van der Waals surface area contributed by atoms with Crippen LogP contribution in [0.1, 0.15) is 23.1 Å². The van der Waals surface area contributed by atoms with Gasteiger partial charge in [0.15, 0.2) is 0 Å². The van der Waals surface area contributed by atoms with Gasteiger partial charge in [-0.15, -0.1) is 0 Å². The average Bonchev–Trinajstić information content (AvgIpc) is 2.93. The van der Waals surface area contributed by atoms with Crippen LogP contribution in [0, 0.1) is 0 Å². The zero-order valence-corrected chi connectivity index (χ0v) is 14.6. The van der Waals surface area contributed by atoms with Crippen molar-refractivity contribution in [2.75, 3.05) is 0 Å². The van der Waals surface area contributed by atoms with E-state index in [0.29, 0.717) is 6.42 Å². The fraction of sp³-hybridized carbons (Fsp3) is 0.300. The van der Waals surface area contributed by atoms with Crippen LogP contribution in [0.5, 0.6) is 5.75 Å². The molecule has 2 aliphatic rings. The fourth-order valence-electron chi connectivity index (χ4n) is 3.39. The summed E-state index contributed by atoms with van der Waals surface area (Å²) in [5, 5.41) is 1.77. The predicted octanol–water partition coefficient (Wildman–Crippen LogP) is 2.87. The molecule has 2 atom stereocenters. The van der Waals surface area contributed by atoms with Crippen LogP contribution in [0.4, 0.5) is 4.79 Å². The molecule has 1 N–H and O–H groups in total. The minimum atomic E-state index is -0.319. The molecule has 2 aromatic carbocycles. The van der Waals surface area contributed by atoms with Gasteiger partial charge in [-0.1, -0.05) is 54.2 Å². The molecule has 2 heterocycles. The summed E-state index contributed by atoms with van der Waals surface area (Å²) in [7, 11) is 0. The Morgan fingerprint density at radius 1 is 1.04 bits per heavy atom. The number of benzene rings is 2. The quantitative estimate of drug-likeness (QED) is 0.833. The molecule has 2 unspecified atom stereocenters. The zero-order valence-electron chi connectivity index (χ0n) is 13.7. The number of hydrogen-bond acceptors (Lipinski definition) is 4. The Bertz CT molecular complexity index is 812. The number of nitrogens with one attached hydrogen (secondary N) is 1. The van der Waals surface area contributed by atoms with Crippen molar-refractivity contribution >= 4 is 52.5 Å². The van der Waals surface area contributed by atoms with Crippen LogP contribution in [-0.4, -0.2) is 52.1 Å². The second-order valence-electron chi connectivity index (χ2n) is 6.50. The number of thioether (sulfide) groups is 1. The third-order valence-electron chi connectivity index (χ3n) is 4.65. The number of ether oxygens (including phenoxy) is 1. The first-order valence-electron chi connectivity index (χ1n) is 8.51. The molecule has 2 amide bonds. The normalized spacial score (nSPS) is 21.4. The van der Waals surface area contributed by atoms with E-state index in [1.54, 1.807) is 0 Å². The van der Waals surface area contributed by atoms with E-state index < -0.39 is 0 Å². The molecule has 4 nitrogen and oxygen atoms in total. The van der Waals surface area contributed by atoms with Gasteiger partial charge in [0, 0.05) is 6.42 Å². The van der Waals surface area contributed by atoms with E-state index in [2.05, 4.69) is 35.6 Å². The first-order chi connectivity index (χ1) is 12.2. The van der Waals surface area contributed by atoms with Crippen molar-refractivity contribution in [2.45, 2.75) is 37.0 Å². The van der Waals surface area contributed by atoms with Gasteiger partial charge in [0.1, 0.15) is 11.9 Å². The predicted molar refractivity (Wildman–Crippen MR) is 105 cm³/mol. The van der Waals surface area contributed by atoms with E-state index in [0.717, 1.165) is 42.3 Å². The molecule has 1 fully saturated rings. The van der Waals surface area contributed by atoms with E-state index in [-0.39, 0.29) is 52.1 Å². The Labute approximate surface area is 179 Å². The van der Waals surface area contributed by atoms with Gasteiger partial charge in [0.2, 0.25) is 5.91 Å². The first-order valence-corrected chi connectivity index (χ1v) is 9.39. The molecule has 0 saturated carbocycles. The summed E-state index contributed by atoms with van der Waals surface area (Å²) in [6.07, 6.45) is 3.66. The molecule has 0 aliphatic carbocycles. The Balaban J connectivity index is 0.00000196. The Hall–Kier alpha value is -1.27. The number of imide groups is 1. The fourth-order valence-corrected chi connectivity index (χ4v) is 4.25. The van der Waals surface area contributed by atoms with Crippen LogP contribution >= 0.6 is 11.8 Å². The first kappa shape index (κ1) is 19.5. The number of aryl methyl sites for hydroxylation is 1. The topological polar surface area (TPSA) is 55.4 Å². The van der Waals surface area contributed by atoms with Gasteiger partial charge in [-0.3, -0.25) is 14.9 Å². The van der Waals surface area contributed by atoms with Crippen molar-refractivity contribution in [3.63, 3.8) is 0 Å². The summed E-state index contributed by atoms with van der Waals surface area (Å²) in [6.45, 7) is 0. The molecular weight excluding hydrogens is 357 g/mol. The summed E-state index contributed by atoms with van der Waals surface area (Å²) in [6, 6.07) is 16.5. The van der Waals surface area contributed by atoms with Gasteiger partial charge in [-0.05, 0) is 42.0 Å². The molecule has 0 bridgehead atoms. The van der Waals surface area contributed by atoms with Crippen LogP contribution < -0.4 is 10.1 Å². The van der Waals surface area contributed by atoms with Crippen LogP contribution in [0.2, 0.25) is 0 Å². The van der Waals surface area contributed by atoms with Crippen molar-refractivity contribution in [3.05, 3.63) is 65.2 Å². The van der Waals surface area contributed by atoms with Gasteiger partial charge < -0.3 is 4.74 Å². The van der Waals surface area contributed by atoms with Crippen LogP contribution in [0.3, 0.4) is 0 Å². The molecule has 4 rings (SSSR count). The third kappa shape index (κ3) is 4.52. The standard InChI is InChI=1S/C20H19NO3S.Na.H/c22-19-18(25-20(23)21-19)12-14-6-9-17-15(10-14)7-8-16(24-17)11-13-4-2-1-3-5-13;;/h1-6,9-10,16,18H,7-8,11-12H2,(H,21,22,23);;. The second kappa shape index (κ2) is 8.61. The Morgan fingerprint density at radius 2 is 1.85 bits per heavy atom. The van der Waals surface area contributed by atoms with Crippen molar-refractivity contribution in [1.82, 2.24) is 5.32 Å². The van der Waals surface area contributed by atoms with Crippen LogP contribution in [-0.2, 0) is 24.1 Å². The molecular formula is C20H20NNaO3S. The van der Waals surface area contributed by atoms with E-state index in [9.17, 15) is 9.59 Å². The number of carbonyl (C=O) groups is 2. The summed E-state index contributed by atoms with van der Waals surface area (Å²) >= 11 is 1.08. The van der Waals surface area contributed by atoms with Gasteiger partial charge in [-0.2, -0.15) is 0 Å². The van der Waals surface area contributed by atoms with Crippen LogP contribution in [0.25, 0.3) is 0 Å². The van der Waals surface area contributed by atoms with E-state index in [1.807, 2.05) is 18.2 Å². The number of hydrogen-bond donors (Lipinski definition) is 1. The summed E-state index contributed by atoms with van der Waals surface area (Å²) < 4.78 is 6.16. The van der Waals surface area contributed by atoms with Crippen molar-refractivity contribution in [3.8, 4) is 5.75 Å². The molecule has 6 heteroatoms. The van der Waals surface area contributed by atoms with Crippen molar-refractivity contribution < 1.29 is 14.3 Å². The SMILES string of the molecule is O=C1NC(=O)C(Cc2ccc3c(c2)CCC(Cc2ccccc2)O3)S1.[NaH]. The number of amides is 2. The summed E-state index contributed by atoms with van der Waals surface area (Å²) in [4.78, 5) is 23.0. The Morgan fingerprint density at radius 3 is 2.58 bits per heavy atom. The Kier molecular flexibility index (Phi) is 6.46. The van der Waals surface area contributed by atoms with Gasteiger partial charge in [-0.25, -0.2) is 0 Å². The minimum absolute atomic E-state index is 0. The van der Waals surface area contributed by atoms with Crippen LogP contribution in [0.15, 0.2) is 48.5 Å². The van der Waals surface area contributed by atoms with E-state index >= 15 is 0 Å². The van der Waals surface area contributed by atoms with Crippen molar-refractivity contribution in [1.29, 1.82) is 0 Å². The molecule has 0 radical (unpaired) electrons. The summed E-state index contributed by atoms with van der Waals surface area (Å²) in [5.74, 6) is 0.752. The van der Waals surface area contributed by atoms with E-state index in [1.165, 1.54) is 11.1 Å². The molecule has 2 aromatic rings. The molecule has 1 saturated heterocycles. The summed E-state index contributed by atoms with van der Waals surface area (Å²) in [5.41, 5.74) is 3.56. The van der Waals surface area contributed by atoms with Gasteiger partial charge >= 0.3 is 29.6 Å². The maximum atomic E-state index is 11.7. The monoisotopic (exact) mass is 377 g/mol. The van der Waals surface area contributed by atoms with Crippen molar-refractivity contribution in [2.24, 2.45) is 0 Å². The molecule has 0 aromatic heterocycles. The van der Waals surface area contributed by atoms with Gasteiger partial charge in [0.25, 0.3) is 5.24 Å². The van der Waals surface area contributed by atoms with E-state index in [4.69, 9.17) is 4.74 Å². The molecule has 26 heavy (non-hydrogen) atoms. The molecule has 0 spiro atoms. The zero-order chi connectivity index (χ0) is 17.2. The van der Waals surface area contributed by atoms with Gasteiger partial charge in [0.05, 0.1) is 5.25 Å². The number of rotatable bonds is 4. The number of carbonyl (C=O) groups excluding carboxylic acids is 2. The maximum absolute atomic E-state index is 11.7. The molecule has 2 aliphatic heterocycles. The average molecular weight is 377 g/mol. The third-order valence-corrected chi connectivity index (χ3v) is 5.63. The second-order valence-corrected chi connectivity index (χ2v) is 7.67.